The lowest BCUT2D eigenvalue weighted by molar-refractivity contribution is 0.0935. The summed E-state index contributed by atoms with van der Waals surface area (Å²) in [5, 5.41) is 12.9. The van der Waals surface area contributed by atoms with E-state index in [0.29, 0.717) is 11.4 Å². The van der Waals surface area contributed by atoms with Crippen LogP contribution in [0.25, 0.3) is 28.1 Å². The zero-order valence-corrected chi connectivity index (χ0v) is 18.2. The number of hydrogen-bond donors (Lipinski definition) is 1. The third-order valence-electron chi connectivity index (χ3n) is 6.67. The molecule has 0 unspecified atom stereocenters. The standard InChI is InChI=1S/C25H26N6O/c1-25(10-11-25)27-24(32)19-6-5-18-7-8-20(26-21(18)14-19)23-29-28-22-9-4-17(16-31(22)23)15-30-12-2-3-13-30/h4-9,14,16H,2-3,10-13,15H2,1H3,(H,27,32). The van der Waals surface area contributed by atoms with Crippen molar-refractivity contribution < 1.29 is 4.79 Å². The van der Waals surface area contributed by atoms with Crippen molar-refractivity contribution in [2.75, 3.05) is 13.1 Å². The molecule has 1 amide bonds. The highest BCUT2D eigenvalue weighted by atomic mass is 16.1. The Morgan fingerprint density at radius 3 is 2.69 bits per heavy atom. The molecule has 162 valence electrons. The van der Waals surface area contributed by atoms with Gasteiger partial charge in [-0.3, -0.25) is 14.1 Å². The summed E-state index contributed by atoms with van der Waals surface area (Å²) in [5.74, 6) is 0.670. The molecule has 32 heavy (non-hydrogen) atoms. The molecule has 4 aromatic rings. The molecule has 2 fully saturated rings. The van der Waals surface area contributed by atoms with Gasteiger partial charge in [-0.05, 0) is 75.5 Å². The normalized spacial score (nSPS) is 17.8. The van der Waals surface area contributed by atoms with E-state index in [9.17, 15) is 4.79 Å². The smallest absolute Gasteiger partial charge is 0.251 e. The van der Waals surface area contributed by atoms with Crippen molar-refractivity contribution in [2.45, 2.75) is 44.7 Å². The number of fused-ring (bicyclic) bond motifs is 2. The minimum Gasteiger partial charge on any atom is -0.347 e. The molecule has 2 aliphatic rings. The Kier molecular flexibility index (Phi) is 4.47. The summed E-state index contributed by atoms with van der Waals surface area (Å²) in [7, 11) is 0. The second-order valence-corrected chi connectivity index (χ2v) is 9.39. The highest BCUT2D eigenvalue weighted by Crippen LogP contribution is 2.34. The first-order valence-electron chi connectivity index (χ1n) is 11.4. The van der Waals surface area contributed by atoms with Gasteiger partial charge in [0.15, 0.2) is 11.5 Å². The van der Waals surface area contributed by atoms with Crippen molar-refractivity contribution in [2.24, 2.45) is 0 Å². The van der Waals surface area contributed by atoms with Crippen molar-refractivity contribution in [3.05, 3.63) is 59.8 Å². The van der Waals surface area contributed by atoms with Crippen LogP contribution >= 0.6 is 0 Å². The van der Waals surface area contributed by atoms with Gasteiger partial charge in [-0.2, -0.15) is 0 Å². The maximum absolute atomic E-state index is 12.6. The molecule has 1 aromatic carbocycles. The summed E-state index contributed by atoms with van der Waals surface area (Å²) in [6.07, 6.45) is 6.75. The largest absolute Gasteiger partial charge is 0.347 e. The van der Waals surface area contributed by atoms with E-state index < -0.39 is 0 Å². The van der Waals surface area contributed by atoms with Crippen molar-refractivity contribution >= 4 is 22.5 Å². The third-order valence-corrected chi connectivity index (χ3v) is 6.67. The van der Waals surface area contributed by atoms with Crippen molar-refractivity contribution in [1.82, 2.24) is 29.8 Å². The van der Waals surface area contributed by atoms with E-state index in [4.69, 9.17) is 4.98 Å². The minimum atomic E-state index is -0.0471. The zero-order valence-electron chi connectivity index (χ0n) is 18.2. The molecule has 1 N–H and O–H groups in total. The van der Waals surface area contributed by atoms with Gasteiger partial charge < -0.3 is 5.32 Å². The van der Waals surface area contributed by atoms with E-state index in [1.54, 1.807) is 0 Å². The third kappa shape index (κ3) is 3.62. The fourth-order valence-electron chi connectivity index (χ4n) is 4.44. The Balaban J connectivity index is 1.34. The molecule has 0 spiro atoms. The van der Waals surface area contributed by atoms with Crippen LogP contribution in [0.3, 0.4) is 0 Å². The van der Waals surface area contributed by atoms with E-state index in [0.717, 1.165) is 54.7 Å². The quantitative estimate of drug-likeness (QED) is 0.525. The second kappa shape index (κ2) is 7.38. The number of carbonyl (C=O) groups excluding carboxylic acids is 1. The van der Waals surface area contributed by atoms with Crippen molar-refractivity contribution in [1.29, 1.82) is 0 Å². The Labute approximate surface area is 186 Å². The van der Waals surface area contributed by atoms with E-state index in [-0.39, 0.29) is 11.4 Å². The zero-order chi connectivity index (χ0) is 21.7. The average Bonchev–Trinajstić information content (AvgIpc) is 3.18. The molecule has 6 rings (SSSR count). The highest BCUT2D eigenvalue weighted by Gasteiger charge is 2.38. The van der Waals surface area contributed by atoms with Gasteiger partial charge in [-0.1, -0.05) is 18.2 Å². The molecule has 1 saturated carbocycles. The van der Waals surface area contributed by atoms with E-state index >= 15 is 0 Å². The molecule has 3 aromatic heterocycles. The number of likely N-dealkylation sites (tertiary alicyclic amines) is 1. The molecule has 0 bridgehead atoms. The molecule has 0 radical (unpaired) electrons. The second-order valence-electron chi connectivity index (χ2n) is 9.39. The summed E-state index contributed by atoms with van der Waals surface area (Å²) < 4.78 is 2.02. The number of amides is 1. The van der Waals surface area contributed by atoms with Gasteiger partial charge in [-0.15, -0.1) is 10.2 Å². The van der Waals surface area contributed by atoms with Crippen LogP contribution in [-0.4, -0.2) is 49.0 Å². The molecule has 4 heterocycles. The minimum absolute atomic E-state index is 0.0430. The summed E-state index contributed by atoms with van der Waals surface area (Å²) >= 11 is 0. The first-order valence-corrected chi connectivity index (χ1v) is 11.4. The van der Waals surface area contributed by atoms with Crippen LogP contribution in [0.1, 0.15) is 48.5 Å². The number of pyridine rings is 2. The molecule has 7 nitrogen and oxygen atoms in total. The average molecular weight is 427 g/mol. The Bertz CT molecular complexity index is 1330. The van der Waals surface area contributed by atoms with Crippen LogP contribution in [0.4, 0.5) is 0 Å². The Morgan fingerprint density at radius 1 is 1.06 bits per heavy atom. The topological polar surface area (TPSA) is 75.4 Å². The SMILES string of the molecule is CC1(NC(=O)c2ccc3ccc(-c4nnc5ccc(CN6CCCC6)cn45)nc3c2)CC1. The van der Waals surface area contributed by atoms with Crippen LogP contribution in [-0.2, 0) is 6.54 Å². The van der Waals surface area contributed by atoms with Crippen LogP contribution in [0.15, 0.2) is 48.7 Å². The fraction of sp³-hybridized carbons (Fsp3) is 0.360. The van der Waals surface area contributed by atoms with Gasteiger partial charge in [-0.25, -0.2) is 4.98 Å². The van der Waals surface area contributed by atoms with Gasteiger partial charge in [0.25, 0.3) is 5.91 Å². The predicted octanol–water partition coefficient (Wildman–Crippen LogP) is 3.82. The summed E-state index contributed by atoms with van der Waals surface area (Å²) in [5.41, 5.74) is 4.16. The van der Waals surface area contributed by atoms with Crippen LogP contribution in [0.2, 0.25) is 0 Å². The predicted molar refractivity (Wildman–Crippen MR) is 123 cm³/mol. The van der Waals surface area contributed by atoms with Gasteiger partial charge in [0, 0.05) is 29.2 Å². The molecule has 1 aliphatic heterocycles. The van der Waals surface area contributed by atoms with Gasteiger partial charge in [0.1, 0.15) is 5.69 Å². The maximum Gasteiger partial charge on any atom is 0.251 e. The first-order chi connectivity index (χ1) is 15.6. The lowest BCUT2D eigenvalue weighted by atomic mass is 10.1. The Hall–Kier alpha value is -3.32. The molecule has 1 saturated heterocycles. The van der Waals surface area contributed by atoms with Gasteiger partial charge >= 0.3 is 0 Å². The van der Waals surface area contributed by atoms with E-state index in [1.807, 2.05) is 40.8 Å². The molecular formula is C25H26N6O. The highest BCUT2D eigenvalue weighted by molar-refractivity contribution is 5.98. The van der Waals surface area contributed by atoms with E-state index in [1.165, 1.54) is 18.4 Å². The number of aromatic nitrogens is 4. The van der Waals surface area contributed by atoms with E-state index in [2.05, 4.69) is 39.6 Å². The number of carbonyl (C=O) groups is 1. The van der Waals surface area contributed by atoms with Gasteiger partial charge in [0.2, 0.25) is 0 Å². The molecule has 1 aliphatic carbocycles. The number of rotatable bonds is 5. The van der Waals surface area contributed by atoms with Crippen molar-refractivity contribution in [3.63, 3.8) is 0 Å². The van der Waals surface area contributed by atoms with Crippen LogP contribution < -0.4 is 5.32 Å². The summed E-state index contributed by atoms with van der Waals surface area (Å²) in [6.45, 7) is 5.34. The number of hydrogen-bond acceptors (Lipinski definition) is 5. The van der Waals surface area contributed by atoms with Gasteiger partial charge in [0.05, 0.1) is 5.52 Å². The maximum atomic E-state index is 12.6. The lowest BCUT2D eigenvalue weighted by Crippen LogP contribution is -2.34. The number of nitrogens with one attached hydrogen (secondary N) is 1. The first kappa shape index (κ1) is 19.4. The Morgan fingerprint density at radius 2 is 1.88 bits per heavy atom. The monoisotopic (exact) mass is 426 g/mol. The molecule has 7 heteroatoms. The van der Waals surface area contributed by atoms with Crippen molar-refractivity contribution in [3.8, 4) is 11.5 Å². The summed E-state index contributed by atoms with van der Waals surface area (Å²) in [6, 6.07) is 13.8. The van der Waals surface area contributed by atoms with Crippen LogP contribution in [0, 0.1) is 0 Å². The molecule has 0 atom stereocenters. The number of nitrogens with zero attached hydrogens (tertiary/aromatic N) is 5. The van der Waals surface area contributed by atoms with Crippen LogP contribution in [0.5, 0.6) is 0 Å². The molecular weight excluding hydrogens is 400 g/mol. The fourth-order valence-corrected chi connectivity index (χ4v) is 4.44. The lowest BCUT2D eigenvalue weighted by Gasteiger charge is -2.14. The number of benzene rings is 1. The summed E-state index contributed by atoms with van der Waals surface area (Å²) in [4.78, 5) is 20.0.